The van der Waals surface area contributed by atoms with Crippen molar-refractivity contribution in [3.63, 3.8) is 0 Å². The molecule has 2 aromatic heterocycles. The van der Waals surface area contributed by atoms with Gasteiger partial charge in [0.15, 0.2) is 0 Å². The molecule has 0 bridgehead atoms. The molecule has 1 N–H and O–H groups in total. The molecule has 1 amide bonds. The summed E-state index contributed by atoms with van der Waals surface area (Å²) in [5.74, 6) is -0.0231. The highest BCUT2D eigenvalue weighted by molar-refractivity contribution is 5.97. The lowest BCUT2D eigenvalue weighted by Gasteiger charge is -2.16. The van der Waals surface area contributed by atoms with Gasteiger partial charge in [0.25, 0.3) is 5.91 Å². The van der Waals surface area contributed by atoms with Gasteiger partial charge in [-0.2, -0.15) is 0 Å². The first-order valence-corrected chi connectivity index (χ1v) is 6.46. The van der Waals surface area contributed by atoms with Crippen molar-refractivity contribution < 1.29 is 4.79 Å². The lowest BCUT2D eigenvalue weighted by Crippen LogP contribution is -2.26. The number of aromatic amines is 1. The van der Waals surface area contributed by atoms with Gasteiger partial charge in [-0.1, -0.05) is 24.3 Å². The molecule has 20 heavy (non-hydrogen) atoms. The van der Waals surface area contributed by atoms with Gasteiger partial charge in [0.2, 0.25) is 0 Å². The van der Waals surface area contributed by atoms with E-state index in [2.05, 4.69) is 9.97 Å². The van der Waals surface area contributed by atoms with Crippen LogP contribution in [-0.4, -0.2) is 27.8 Å². The Morgan fingerprint density at radius 3 is 2.85 bits per heavy atom. The molecule has 1 aromatic carbocycles. The van der Waals surface area contributed by atoms with Crippen LogP contribution in [0, 0.1) is 0 Å². The van der Waals surface area contributed by atoms with Gasteiger partial charge in [-0.05, 0) is 23.8 Å². The number of fused-ring (bicyclic) bond motifs is 1. The van der Waals surface area contributed by atoms with E-state index in [0.717, 1.165) is 16.5 Å². The maximum Gasteiger partial charge on any atom is 0.270 e. The SMILES string of the molecule is CN(Cc1cccnc1)C(=O)c1cc2ccccc2[nH]1. The molecule has 0 fully saturated rings. The molecule has 0 aliphatic rings. The molecule has 0 saturated heterocycles. The van der Waals surface area contributed by atoms with Crippen LogP contribution in [0.3, 0.4) is 0 Å². The Kier molecular flexibility index (Phi) is 3.21. The van der Waals surface area contributed by atoms with Crippen LogP contribution in [-0.2, 0) is 6.54 Å². The molecule has 0 atom stereocenters. The first-order valence-electron chi connectivity index (χ1n) is 6.46. The molecule has 0 radical (unpaired) electrons. The first-order chi connectivity index (χ1) is 9.74. The number of hydrogen-bond acceptors (Lipinski definition) is 2. The van der Waals surface area contributed by atoms with Crippen molar-refractivity contribution >= 4 is 16.8 Å². The molecular formula is C16H15N3O. The predicted molar refractivity (Wildman–Crippen MR) is 78.3 cm³/mol. The van der Waals surface area contributed by atoms with Crippen LogP contribution in [0.2, 0.25) is 0 Å². The Hall–Kier alpha value is -2.62. The van der Waals surface area contributed by atoms with Crippen molar-refractivity contribution in [2.45, 2.75) is 6.54 Å². The minimum Gasteiger partial charge on any atom is -0.351 e. The van der Waals surface area contributed by atoms with Crippen molar-refractivity contribution in [2.24, 2.45) is 0 Å². The summed E-state index contributed by atoms with van der Waals surface area (Å²) in [5.41, 5.74) is 2.60. The van der Waals surface area contributed by atoms with Crippen LogP contribution in [0.1, 0.15) is 16.1 Å². The zero-order valence-electron chi connectivity index (χ0n) is 11.2. The molecule has 0 spiro atoms. The number of amides is 1. The second-order valence-electron chi connectivity index (χ2n) is 4.79. The average Bonchev–Trinajstić information content (AvgIpc) is 2.91. The molecule has 4 heteroatoms. The molecule has 0 aliphatic heterocycles. The van der Waals surface area contributed by atoms with Gasteiger partial charge in [0.1, 0.15) is 5.69 Å². The van der Waals surface area contributed by atoms with Crippen LogP contribution >= 0.6 is 0 Å². The van der Waals surface area contributed by atoms with E-state index in [-0.39, 0.29) is 5.91 Å². The fraction of sp³-hybridized carbons (Fsp3) is 0.125. The number of carbonyl (C=O) groups is 1. The topological polar surface area (TPSA) is 49.0 Å². The Balaban J connectivity index is 1.81. The van der Waals surface area contributed by atoms with Crippen molar-refractivity contribution in [1.29, 1.82) is 0 Å². The third-order valence-corrected chi connectivity index (χ3v) is 3.25. The van der Waals surface area contributed by atoms with Crippen LogP contribution in [0.25, 0.3) is 10.9 Å². The lowest BCUT2D eigenvalue weighted by atomic mass is 10.2. The number of carbonyl (C=O) groups excluding carboxylic acids is 1. The number of aromatic nitrogens is 2. The second-order valence-corrected chi connectivity index (χ2v) is 4.79. The minimum absolute atomic E-state index is 0.0231. The number of pyridine rings is 1. The van der Waals surface area contributed by atoms with Crippen LogP contribution in [0.15, 0.2) is 54.9 Å². The number of nitrogens with zero attached hydrogens (tertiary/aromatic N) is 2. The summed E-state index contributed by atoms with van der Waals surface area (Å²) in [6.45, 7) is 0.544. The van der Waals surface area contributed by atoms with Crippen LogP contribution in [0.4, 0.5) is 0 Å². The van der Waals surface area contributed by atoms with E-state index in [4.69, 9.17) is 0 Å². The largest absolute Gasteiger partial charge is 0.351 e. The summed E-state index contributed by atoms with van der Waals surface area (Å²) in [5, 5.41) is 1.05. The van der Waals surface area contributed by atoms with Gasteiger partial charge in [0, 0.05) is 36.9 Å². The Bertz CT molecular complexity index is 701. The monoisotopic (exact) mass is 265 g/mol. The zero-order chi connectivity index (χ0) is 13.9. The van der Waals surface area contributed by atoms with E-state index in [1.54, 1.807) is 24.3 Å². The number of nitrogens with one attached hydrogen (secondary N) is 1. The molecule has 100 valence electrons. The van der Waals surface area contributed by atoms with Gasteiger partial charge >= 0.3 is 0 Å². The number of benzene rings is 1. The number of H-pyrrole nitrogens is 1. The Morgan fingerprint density at radius 2 is 2.10 bits per heavy atom. The highest BCUT2D eigenvalue weighted by Crippen LogP contribution is 2.16. The van der Waals surface area contributed by atoms with Crippen molar-refractivity contribution in [3.8, 4) is 0 Å². The predicted octanol–water partition coefficient (Wildman–Crippen LogP) is 2.84. The van der Waals surface area contributed by atoms with E-state index >= 15 is 0 Å². The zero-order valence-corrected chi connectivity index (χ0v) is 11.2. The summed E-state index contributed by atoms with van der Waals surface area (Å²) >= 11 is 0. The number of para-hydroxylation sites is 1. The Morgan fingerprint density at radius 1 is 1.25 bits per heavy atom. The second kappa shape index (κ2) is 5.17. The molecule has 3 rings (SSSR count). The van der Waals surface area contributed by atoms with Crippen LogP contribution < -0.4 is 0 Å². The molecule has 2 heterocycles. The summed E-state index contributed by atoms with van der Waals surface area (Å²) in [6, 6.07) is 13.6. The highest BCUT2D eigenvalue weighted by Gasteiger charge is 2.14. The van der Waals surface area contributed by atoms with Gasteiger partial charge in [0.05, 0.1) is 0 Å². The van der Waals surface area contributed by atoms with Crippen molar-refractivity contribution in [1.82, 2.24) is 14.9 Å². The summed E-state index contributed by atoms with van der Waals surface area (Å²) < 4.78 is 0. The molecular weight excluding hydrogens is 250 g/mol. The standard InChI is InChI=1S/C16H15N3O/c1-19(11-12-5-4-8-17-10-12)16(20)15-9-13-6-2-3-7-14(13)18-15/h2-10,18H,11H2,1H3. The van der Waals surface area contributed by atoms with Gasteiger partial charge < -0.3 is 9.88 Å². The fourth-order valence-corrected chi connectivity index (χ4v) is 2.23. The van der Waals surface area contributed by atoms with Crippen LogP contribution in [0.5, 0.6) is 0 Å². The summed E-state index contributed by atoms with van der Waals surface area (Å²) in [7, 11) is 1.79. The summed E-state index contributed by atoms with van der Waals surface area (Å²) in [6.07, 6.45) is 3.50. The minimum atomic E-state index is -0.0231. The van der Waals surface area contributed by atoms with Crippen molar-refractivity contribution in [3.05, 3.63) is 66.1 Å². The van der Waals surface area contributed by atoms with Gasteiger partial charge in [-0.15, -0.1) is 0 Å². The van der Waals surface area contributed by atoms with Gasteiger partial charge in [-0.25, -0.2) is 0 Å². The highest BCUT2D eigenvalue weighted by atomic mass is 16.2. The maximum absolute atomic E-state index is 12.4. The Labute approximate surface area is 117 Å². The summed E-state index contributed by atoms with van der Waals surface area (Å²) in [4.78, 5) is 21.3. The molecule has 0 unspecified atom stereocenters. The lowest BCUT2D eigenvalue weighted by molar-refractivity contribution is 0.0780. The molecule has 4 nitrogen and oxygen atoms in total. The number of rotatable bonds is 3. The molecule has 0 saturated carbocycles. The third kappa shape index (κ3) is 2.40. The van der Waals surface area contributed by atoms with E-state index in [9.17, 15) is 4.79 Å². The molecule has 0 aliphatic carbocycles. The normalized spacial score (nSPS) is 10.7. The number of hydrogen-bond donors (Lipinski definition) is 1. The van der Waals surface area contributed by atoms with E-state index in [1.165, 1.54) is 0 Å². The fourth-order valence-electron chi connectivity index (χ4n) is 2.23. The maximum atomic E-state index is 12.4. The average molecular weight is 265 g/mol. The van der Waals surface area contributed by atoms with E-state index in [0.29, 0.717) is 12.2 Å². The van der Waals surface area contributed by atoms with Crippen molar-refractivity contribution in [2.75, 3.05) is 7.05 Å². The smallest absolute Gasteiger partial charge is 0.270 e. The third-order valence-electron chi connectivity index (χ3n) is 3.25. The first kappa shape index (κ1) is 12.4. The quantitative estimate of drug-likeness (QED) is 0.791. The molecule has 3 aromatic rings. The van der Waals surface area contributed by atoms with E-state index < -0.39 is 0 Å². The van der Waals surface area contributed by atoms with E-state index in [1.807, 2.05) is 42.5 Å². The van der Waals surface area contributed by atoms with Gasteiger partial charge in [-0.3, -0.25) is 9.78 Å².